The van der Waals surface area contributed by atoms with E-state index in [1.54, 1.807) is 6.07 Å². The minimum atomic E-state index is -3.02. The molecule has 5 heteroatoms. The first-order valence-corrected chi connectivity index (χ1v) is 8.94. The van der Waals surface area contributed by atoms with Crippen LogP contribution in [-0.2, 0) is 16.3 Å². The summed E-state index contributed by atoms with van der Waals surface area (Å²) in [6.07, 6.45) is 3.73. The Morgan fingerprint density at radius 2 is 2.05 bits per heavy atom. The third kappa shape index (κ3) is 4.79. The Labute approximate surface area is 120 Å². The number of hydrogen-bond donors (Lipinski definition) is 1. The Hall–Kier alpha value is -0.580. The summed E-state index contributed by atoms with van der Waals surface area (Å²) in [7, 11) is -3.02. The van der Waals surface area contributed by atoms with Crippen molar-refractivity contribution in [2.75, 3.05) is 18.1 Å². The van der Waals surface area contributed by atoms with Gasteiger partial charge in [-0.2, -0.15) is 0 Å². The van der Waals surface area contributed by atoms with Gasteiger partial charge < -0.3 is 5.32 Å². The van der Waals surface area contributed by atoms with Crippen LogP contribution in [0, 0.1) is 0 Å². The second-order valence-electron chi connectivity index (χ2n) is 5.10. The highest BCUT2D eigenvalue weighted by Gasteiger charge is 2.21. The summed E-state index contributed by atoms with van der Waals surface area (Å²) in [6.45, 7) is 0.935. The summed E-state index contributed by atoms with van der Waals surface area (Å²) in [4.78, 5) is 0. The molecule has 0 aromatic heterocycles. The number of piperidine rings is 1. The van der Waals surface area contributed by atoms with Gasteiger partial charge in [0, 0.05) is 11.1 Å². The Morgan fingerprint density at radius 3 is 2.74 bits per heavy atom. The van der Waals surface area contributed by atoms with Crippen LogP contribution in [0.4, 0.5) is 0 Å². The highest BCUT2D eigenvalue weighted by atomic mass is 35.5. The molecule has 1 atom stereocenters. The number of sulfone groups is 1. The molecule has 0 amide bonds. The maximum Gasteiger partial charge on any atom is 0.152 e. The Morgan fingerprint density at radius 1 is 1.26 bits per heavy atom. The van der Waals surface area contributed by atoms with Gasteiger partial charge in [0.25, 0.3) is 0 Å². The molecule has 1 N–H and O–H groups in total. The molecule has 1 aliphatic rings. The van der Waals surface area contributed by atoms with Crippen molar-refractivity contribution >= 4 is 21.4 Å². The van der Waals surface area contributed by atoms with Crippen molar-refractivity contribution in [2.24, 2.45) is 0 Å². The molecule has 1 heterocycles. The fourth-order valence-corrected chi connectivity index (χ4v) is 4.25. The van der Waals surface area contributed by atoms with E-state index in [4.69, 9.17) is 11.6 Å². The number of aryl methyl sites for hydroxylation is 1. The van der Waals surface area contributed by atoms with Gasteiger partial charge in [0.1, 0.15) is 0 Å². The lowest BCUT2D eigenvalue weighted by Crippen LogP contribution is -2.40. The van der Waals surface area contributed by atoms with E-state index in [0.717, 1.165) is 31.4 Å². The minimum absolute atomic E-state index is 0.130. The Balaban J connectivity index is 1.88. The zero-order chi connectivity index (χ0) is 13.7. The van der Waals surface area contributed by atoms with Crippen molar-refractivity contribution in [1.29, 1.82) is 0 Å². The maximum absolute atomic E-state index is 12.1. The first-order valence-electron chi connectivity index (χ1n) is 6.74. The van der Waals surface area contributed by atoms with Crippen LogP contribution in [0.2, 0.25) is 5.02 Å². The van der Waals surface area contributed by atoms with Crippen LogP contribution in [0.5, 0.6) is 0 Å². The molecule has 2 rings (SSSR count). The highest BCUT2D eigenvalue weighted by Crippen LogP contribution is 2.17. The molecule has 0 spiro atoms. The molecule has 19 heavy (non-hydrogen) atoms. The number of hydrogen-bond acceptors (Lipinski definition) is 3. The van der Waals surface area contributed by atoms with Gasteiger partial charge in [-0.25, -0.2) is 8.42 Å². The van der Waals surface area contributed by atoms with E-state index in [1.165, 1.54) is 0 Å². The summed E-state index contributed by atoms with van der Waals surface area (Å²) in [5.74, 6) is 0.423. The van der Waals surface area contributed by atoms with Gasteiger partial charge in [0.2, 0.25) is 0 Å². The molecule has 0 aliphatic carbocycles. The first kappa shape index (κ1) is 14.8. The first-order chi connectivity index (χ1) is 9.07. The van der Waals surface area contributed by atoms with Crippen LogP contribution in [0.15, 0.2) is 24.3 Å². The van der Waals surface area contributed by atoms with E-state index in [2.05, 4.69) is 5.32 Å². The van der Waals surface area contributed by atoms with E-state index < -0.39 is 9.84 Å². The topological polar surface area (TPSA) is 46.2 Å². The maximum atomic E-state index is 12.1. The molecule has 1 aromatic rings. The molecule has 1 saturated heterocycles. The molecular weight excluding hydrogens is 282 g/mol. The van der Waals surface area contributed by atoms with Crippen molar-refractivity contribution in [1.82, 2.24) is 5.32 Å². The number of rotatable bonds is 5. The molecule has 0 bridgehead atoms. The van der Waals surface area contributed by atoms with Gasteiger partial charge >= 0.3 is 0 Å². The average Bonchev–Trinajstić information content (AvgIpc) is 2.38. The second-order valence-corrected chi connectivity index (χ2v) is 7.74. The average molecular weight is 302 g/mol. The fourth-order valence-electron chi connectivity index (χ4n) is 2.42. The third-order valence-corrected chi connectivity index (χ3v) is 5.61. The van der Waals surface area contributed by atoms with E-state index in [9.17, 15) is 8.42 Å². The lowest BCUT2D eigenvalue weighted by molar-refractivity contribution is 0.423. The Bertz CT molecular complexity index is 510. The Kier molecular flexibility index (Phi) is 5.25. The molecular formula is C14H20ClNO2S. The van der Waals surface area contributed by atoms with Crippen LogP contribution >= 0.6 is 11.6 Å². The zero-order valence-corrected chi connectivity index (χ0v) is 12.5. The van der Waals surface area contributed by atoms with Crippen LogP contribution in [0.25, 0.3) is 0 Å². The molecule has 1 fully saturated rings. The van der Waals surface area contributed by atoms with Crippen molar-refractivity contribution in [2.45, 2.75) is 31.7 Å². The van der Waals surface area contributed by atoms with Crippen LogP contribution in [0.3, 0.4) is 0 Å². The van der Waals surface area contributed by atoms with Gasteiger partial charge in [-0.3, -0.25) is 0 Å². The van der Waals surface area contributed by atoms with E-state index in [0.29, 0.717) is 11.4 Å². The van der Waals surface area contributed by atoms with Crippen molar-refractivity contribution in [3.05, 3.63) is 34.9 Å². The lowest BCUT2D eigenvalue weighted by Gasteiger charge is -2.23. The number of nitrogens with one attached hydrogen (secondary N) is 1. The molecule has 0 saturated carbocycles. The molecule has 1 aromatic carbocycles. The summed E-state index contributed by atoms with van der Waals surface area (Å²) >= 11 is 6.04. The molecule has 0 radical (unpaired) electrons. The van der Waals surface area contributed by atoms with Gasteiger partial charge in [-0.1, -0.05) is 36.2 Å². The fraction of sp³-hybridized carbons (Fsp3) is 0.571. The number of halogens is 1. The zero-order valence-electron chi connectivity index (χ0n) is 10.9. The second kappa shape index (κ2) is 6.73. The van der Waals surface area contributed by atoms with Crippen LogP contribution in [-0.4, -0.2) is 32.5 Å². The van der Waals surface area contributed by atoms with Crippen LogP contribution < -0.4 is 5.32 Å². The van der Waals surface area contributed by atoms with E-state index >= 15 is 0 Å². The normalized spacial score (nSPS) is 20.4. The quantitative estimate of drug-likeness (QED) is 0.908. The van der Waals surface area contributed by atoms with Gasteiger partial charge in [0.05, 0.1) is 11.5 Å². The summed E-state index contributed by atoms with van der Waals surface area (Å²) in [5.41, 5.74) is 0.907. The minimum Gasteiger partial charge on any atom is -0.313 e. The predicted molar refractivity (Wildman–Crippen MR) is 79.5 cm³/mol. The van der Waals surface area contributed by atoms with Crippen LogP contribution in [0.1, 0.15) is 24.8 Å². The van der Waals surface area contributed by atoms with Gasteiger partial charge in [-0.05, 0) is 37.4 Å². The van der Waals surface area contributed by atoms with Crippen molar-refractivity contribution in [3.8, 4) is 0 Å². The summed E-state index contributed by atoms with van der Waals surface area (Å²) in [6, 6.07) is 7.55. The predicted octanol–water partition coefficient (Wildman–Crippen LogP) is 2.44. The van der Waals surface area contributed by atoms with Gasteiger partial charge in [0.15, 0.2) is 9.84 Å². The van der Waals surface area contributed by atoms with Gasteiger partial charge in [-0.15, -0.1) is 0 Å². The molecule has 106 valence electrons. The molecule has 3 nitrogen and oxygen atoms in total. The lowest BCUT2D eigenvalue weighted by atomic mass is 10.1. The third-order valence-electron chi connectivity index (χ3n) is 3.51. The smallest absolute Gasteiger partial charge is 0.152 e. The summed E-state index contributed by atoms with van der Waals surface area (Å²) < 4.78 is 24.2. The largest absolute Gasteiger partial charge is 0.313 e. The number of benzene rings is 1. The van der Waals surface area contributed by atoms with Crippen molar-refractivity contribution in [3.63, 3.8) is 0 Å². The molecule has 1 aliphatic heterocycles. The SMILES string of the molecule is O=S(=O)(CCc1ccccc1Cl)CC1CCCCN1. The highest BCUT2D eigenvalue weighted by molar-refractivity contribution is 7.91. The van der Waals surface area contributed by atoms with E-state index in [-0.39, 0.29) is 17.5 Å². The molecule has 1 unspecified atom stereocenters. The summed E-state index contributed by atoms with van der Waals surface area (Å²) in [5, 5.41) is 3.93. The monoisotopic (exact) mass is 301 g/mol. The van der Waals surface area contributed by atoms with E-state index in [1.807, 2.05) is 18.2 Å². The standard InChI is InChI=1S/C14H20ClNO2S/c15-14-7-2-1-5-12(14)8-10-19(17,18)11-13-6-3-4-9-16-13/h1-2,5,7,13,16H,3-4,6,8-11H2. The van der Waals surface area contributed by atoms with Crippen molar-refractivity contribution < 1.29 is 8.42 Å².